The molecule has 1 aromatic carbocycles. The maximum Gasteiger partial charge on any atom is 0.318 e. The zero-order valence-corrected chi connectivity index (χ0v) is 14.6. The molecule has 1 N–H and O–H groups in total. The molecule has 25 heavy (non-hydrogen) atoms. The molecule has 2 aromatic rings. The number of carbonyl (C=O) groups is 2. The maximum atomic E-state index is 12.4. The van der Waals surface area contributed by atoms with Crippen molar-refractivity contribution >= 4 is 11.9 Å². The molecule has 2 heterocycles. The summed E-state index contributed by atoms with van der Waals surface area (Å²) in [5.41, 5.74) is 1.96. The van der Waals surface area contributed by atoms with Crippen LogP contribution in [0.4, 0.5) is 4.79 Å². The van der Waals surface area contributed by atoms with Gasteiger partial charge >= 0.3 is 6.03 Å². The molecule has 1 aliphatic heterocycles. The molecule has 1 aliphatic rings. The van der Waals surface area contributed by atoms with Gasteiger partial charge in [-0.2, -0.15) is 0 Å². The summed E-state index contributed by atoms with van der Waals surface area (Å²) in [5, 5.41) is 2.92. The molecule has 132 valence electrons. The van der Waals surface area contributed by atoms with E-state index >= 15 is 0 Å². The van der Waals surface area contributed by atoms with Crippen molar-refractivity contribution < 1.29 is 9.59 Å². The van der Waals surface area contributed by atoms with Crippen LogP contribution in [0, 0.1) is 0 Å². The van der Waals surface area contributed by atoms with Crippen LogP contribution in [0.15, 0.2) is 43.0 Å². The van der Waals surface area contributed by atoms with Crippen LogP contribution in [-0.2, 0) is 11.3 Å². The first-order chi connectivity index (χ1) is 12.1. The van der Waals surface area contributed by atoms with Gasteiger partial charge in [0.2, 0.25) is 5.91 Å². The van der Waals surface area contributed by atoms with Gasteiger partial charge in [0, 0.05) is 38.1 Å². The number of piperazine rings is 1. The first kappa shape index (κ1) is 17.0. The van der Waals surface area contributed by atoms with Gasteiger partial charge in [0.1, 0.15) is 6.54 Å². The van der Waals surface area contributed by atoms with Gasteiger partial charge in [0.25, 0.3) is 0 Å². The van der Waals surface area contributed by atoms with E-state index in [1.54, 1.807) is 22.3 Å². The molecule has 0 bridgehead atoms. The van der Waals surface area contributed by atoms with Gasteiger partial charge < -0.3 is 19.7 Å². The number of carbonyl (C=O) groups excluding carboxylic acids is 2. The third-order valence-corrected chi connectivity index (χ3v) is 4.37. The lowest BCUT2D eigenvalue weighted by Gasteiger charge is -2.36. The van der Waals surface area contributed by atoms with Gasteiger partial charge in [0.05, 0.1) is 12.0 Å². The van der Waals surface area contributed by atoms with Gasteiger partial charge in [-0.05, 0) is 25.5 Å². The minimum absolute atomic E-state index is 0.00443. The summed E-state index contributed by atoms with van der Waals surface area (Å²) in [6.07, 6.45) is 5.31. The highest BCUT2D eigenvalue weighted by molar-refractivity contribution is 5.85. The molecule has 0 spiro atoms. The number of nitrogens with zero attached hydrogens (tertiary/aromatic N) is 4. The molecule has 0 saturated carbocycles. The highest BCUT2D eigenvalue weighted by Gasteiger charge is 2.28. The lowest BCUT2D eigenvalue weighted by molar-refractivity contribution is -0.136. The van der Waals surface area contributed by atoms with Crippen molar-refractivity contribution in [2.75, 3.05) is 19.6 Å². The molecule has 7 nitrogen and oxygen atoms in total. The standard InChI is InChI=1S/C18H23N5O2/c1-14(2)23-10-9-21(12-17(23)24)18(25)20-11-15-5-3-4-6-16(15)22-8-7-19-13-22/h3-8,13-14H,9-12H2,1-2H3,(H,20,25). The molecule has 1 aromatic heterocycles. The van der Waals surface area contributed by atoms with E-state index in [4.69, 9.17) is 0 Å². The number of amides is 3. The lowest BCUT2D eigenvalue weighted by Crippen LogP contribution is -2.56. The average Bonchev–Trinajstić information content (AvgIpc) is 3.14. The first-order valence-electron chi connectivity index (χ1n) is 8.44. The van der Waals surface area contributed by atoms with Crippen molar-refractivity contribution in [1.29, 1.82) is 0 Å². The summed E-state index contributed by atoms with van der Waals surface area (Å²) in [7, 11) is 0. The molecule has 1 saturated heterocycles. The number of benzene rings is 1. The van der Waals surface area contributed by atoms with Crippen LogP contribution in [0.25, 0.3) is 5.69 Å². The Balaban J connectivity index is 1.61. The molecule has 0 atom stereocenters. The van der Waals surface area contributed by atoms with E-state index in [-0.39, 0.29) is 24.5 Å². The summed E-state index contributed by atoms with van der Waals surface area (Å²) in [6, 6.07) is 7.79. The van der Waals surface area contributed by atoms with E-state index in [2.05, 4.69) is 10.3 Å². The van der Waals surface area contributed by atoms with E-state index < -0.39 is 0 Å². The summed E-state index contributed by atoms with van der Waals surface area (Å²) in [6.45, 7) is 5.63. The van der Waals surface area contributed by atoms with Crippen LogP contribution >= 0.6 is 0 Å². The van der Waals surface area contributed by atoms with Crippen LogP contribution in [0.1, 0.15) is 19.4 Å². The third kappa shape index (κ3) is 3.81. The van der Waals surface area contributed by atoms with E-state index in [1.165, 1.54) is 0 Å². The normalized spacial score (nSPS) is 14.9. The Hall–Kier alpha value is -2.83. The quantitative estimate of drug-likeness (QED) is 0.919. The Morgan fingerprint density at radius 2 is 2.08 bits per heavy atom. The van der Waals surface area contributed by atoms with Crippen molar-refractivity contribution in [3.63, 3.8) is 0 Å². The number of hydrogen-bond donors (Lipinski definition) is 1. The van der Waals surface area contributed by atoms with Crippen LogP contribution in [0.5, 0.6) is 0 Å². The predicted molar refractivity (Wildman–Crippen MR) is 94.2 cm³/mol. The molecular weight excluding hydrogens is 318 g/mol. The zero-order chi connectivity index (χ0) is 17.8. The SMILES string of the molecule is CC(C)N1CCN(C(=O)NCc2ccccc2-n2ccnc2)CC1=O. The number of aromatic nitrogens is 2. The molecule has 1 fully saturated rings. The molecular formula is C18H23N5O2. The molecule has 0 radical (unpaired) electrons. The number of urea groups is 1. The minimum atomic E-state index is -0.211. The fraction of sp³-hybridized carbons (Fsp3) is 0.389. The number of rotatable bonds is 4. The molecule has 0 unspecified atom stereocenters. The fourth-order valence-electron chi connectivity index (χ4n) is 3.00. The smallest absolute Gasteiger partial charge is 0.318 e. The topological polar surface area (TPSA) is 70.5 Å². The fourth-order valence-corrected chi connectivity index (χ4v) is 3.00. The van der Waals surface area contributed by atoms with Gasteiger partial charge in [-0.25, -0.2) is 9.78 Å². The number of para-hydroxylation sites is 1. The van der Waals surface area contributed by atoms with Crippen LogP contribution in [0.2, 0.25) is 0 Å². The second kappa shape index (κ2) is 7.38. The summed E-state index contributed by atoms with van der Waals surface area (Å²) in [5.74, 6) is -0.00443. The summed E-state index contributed by atoms with van der Waals surface area (Å²) < 4.78 is 1.91. The van der Waals surface area contributed by atoms with Gasteiger partial charge in [-0.15, -0.1) is 0 Å². The average molecular weight is 341 g/mol. The van der Waals surface area contributed by atoms with Crippen molar-refractivity contribution in [3.05, 3.63) is 48.5 Å². The first-order valence-corrected chi connectivity index (χ1v) is 8.44. The highest BCUT2D eigenvalue weighted by Crippen LogP contribution is 2.14. The molecule has 7 heteroatoms. The molecule has 3 amide bonds. The van der Waals surface area contributed by atoms with Crippen molar-refractivity contribution in [3.8, 4) is 5.69 Å². The zero-order valence-electron chi connectivity index (χ0n) is 14.6. The van der Waals surface area contributed by atoms with Crippen molar-refractivity contribution in [2.45, 2.75) is 26.4 Å². The van der Waals surface area contributed by atoms with Gasteiger partial charge in [-0.1, -0.05) is 18.2 Å². The van der Waals surface area contributed by atoms with Crippen LogP contribution in [-0.4, -0.2) is 57.0 Å². The number of hydrogen-bond acceptors (Lipinski definition) is 3. The van der Waals surface area contributed by atoms with Crippen molar-refractivity contribution in [1.82, 2.24) is 24.7 Å². The largest absolute Gasteiger partial charge is 0.337 e. The van der Waals surface area contributed by atoms with Crippen LogP contribution < -0.4 is 5.32 Å². The Morgan fingerprint density at radius 1 is 1.28 bits per heavy atom. The molecule has 0 aliphatic carbocycles. The third-order valence-electron chi connectivity index (χ3n) is 4.37. The van der Waals surface area contributed by atoms with E-state index in [1.807, 2.05) is 48.9 Å². The monoisotopic (exact) mass is 341 g/mol. The van der Waals surface area contributed by atoms with E-state index in [9.17, 15) is 9.59 Å². The minimum Gasteiger partial charge on any atom is -0.337 e. The molecule has 3 rings (SSSR count). The van der Waals surface area contributed by atoms with Gasteiger partial charge in [0.15, 0.2) is 0 Å². The Morgan fingerprint density at radius 3 is 2.76 bits per heavy atom. The second-order valence-electron chi connectivity index (χ2n) is 6.36. The van der Waals surface area contributed by atoms with Crippen LogP contribution in [0.3, 0.4) is 0 Å². The maximum absolute atomic E-state index is 12.4. The number of imidazole rings is 1. The van der Waals surface area contributed by atoms with Crippen molar-refractivity contribution in [2.24, 2.45) is 0 Å². The second-order valence-corrected chi connectivity index (χ2v) is 6.36. The van der Waals surface area contributed by atoms with E-state index in [0.29, 0.717) is 19.6 Å². The Labute approximate surface area is 147 Å². The van der Waals surface area contributed by atoms with E-state index in [0.717, 1.165) is 11.3 Å². The lowest BCUT2D eigenvalue weighted by atomic mass is 10.1. The number of nitrogens with one attached hydrogen (secondary N) is 1. The summed E-state index contributed by atoms with van der Waals surface area (Å²) >= 11 is 0. The predicted octanol–water partition coefficient (Wildman–Crippen LogP) is 1.63. The Bertz CT molecular complexity index is 742. The Kier molecular flexibility index (Phi) is 5.02. The van der Waals surface area contributed by atoms with Gasteiger partial charge in [-0.3, -0.25) is 4.79 Å². The highest BCUT2D eigenvalue weighted by atomic mass is 16.2. The summed E-state index contributed by atoms with van der Waals surface area (Å²) in [4.78, 5) is 32.0.